The van der Waals surface area contributed by atoms with E-state index in [1.54, 1.807) is 0 Å². The standard InChI is InChI=1S/C29H29F4N5O4/c1-5-15(2)35-17-6-8-19(22(30)13-17)26(39)36-23(28(41)42)14-18-7-9-20(25-34-10-11-38(18)25)24-21(29(31,32)33)12-16(3)37(4)27(24)40/h6-13,15,23,35H,5,14H2,1-4H3,(H,36,39)(H,41,42)/t15-,23-/m0/s1. The van der Waals surface area contributed by atoms with E-state index in [0.29, 0.717) is 5.69 Å². The Hall–Kier alpha value is -4.68. The van der Waals surface area contributed by atoms with Crippen LogP contribution in [0.25, 0.3) is 16.8 Å². The van der Waals surface area contributed by atoms with E-state index in [0.717, 1.165) is 23.1 Å². The molecule has 0 unspecified atom stereocenters. The van der Waals surface area contributed by atoms with Crippen molar-refractivity contribution in [3.63, 3.8) is 0 Å². The molecule has 0 fully saturated rings. The fourth-order valence-corrected chi connectivity index (χ4v) is 4.56. The molecule has 0 saturated heterocycles. The van der Waals surface area contributed by atoms with E-state index in [4.69, 9.17) is 0 Å². The molecule has 13 heteroatoms. The highest BCUT2D eigenvalue weighted by Crippen LogP contribution is 2.37. The molecule has 1 amide bonds. The number of hydrogen-bond donors (Lipinski definition) is 3. The molecule has 0 aliphatic carbocycles. The van der Waals surface area contributed by atoms with Crippen LogP contribution in [0.2, 0.25) is 0 Å². The van der Waals surface area contributed by atoms with Gasteiger partial charge in [-0.25, -0.2) is 14.2 Å². The Morgan fingerprint density at radius 1 is 1.14 bits per heavy atom. The van der Waals surface area contributed by atoms with Gasteiger partial charge in [-0.05, 0) is 56.7 Å². The van der Waals surface area contributed by atoms with Crippen molar-refractivity contribution in [2.45, 2.75) is 51.9 Å². The monoisotopic (exact) mass is 587 g/mol. The summed E-state index contributed by atoms with van der Waals surface area (Å²) in [6, 6.07) is 5.96. The van der Waals surface area contributed by atoms with Crippen LogP contribution in [0.1, 0.15) is 47.6 Å². The second-order valence-electron chi connectivity index (χ2n) is 10.0. The molecule has 0 bridgehead atoms. The number of aryl methyl sites for hydroxylation is 1. The Balaban J connectivity index is 1.68. The van der Waals surface area contributed by atoms with Crippen LogP contribution in [0, 0.1) is 12.7 Å². The molecule has 0 saturated carbocycles. The lowest BCUT2D eigenvalue weighted by Gasteiger charge is -2.19. The number of imidazole rings is 1. The van der Waals surface area contributed by atoms with Gasteiger partial charge in [0.1, 0.15) is 17.5 Å². The van der Waals surface area contributed by atoms with Gasteiger partial charge in [0.2, 0.25) is 0 Å². The van der Waals surface area contributed by atoms with Gasteiger partial charge >= 0.3 is 12.1 Å². The number of aromatic nitrogens is 3. The van der Waals surface area contributed by atoms with Gasteiger partial charge in [-0.2, -0.15) is 13.2 Å². The summed E-state index contributed by atoms with van der Waals surface area (Å²) in [5, 5.41) is 15.2. The summed E-state index contributed by atoms with van der Waals surface area (Å²) in [6.07, 6.45) is -1.65. The number of aliphatic carboxylic acids is 1. The lowest BCUT2D eigenvalue weighted by atomic mass is 9.99. The summed E-state index contributed by atoms with van der Waals surface area (Å²) in [5.41, 5.74) is -2.20. The van der Waals surface area contributed by atoms with E-state index < -0.39 is 46.6 Å². The van der Waals surface area contributed by atoms with E-state index in [-0.39, 0.29) is 40.6 Å². The lowest BCUT2D eigenvalue weighted by molar-refractivity contribution is -0.139. The molecule has 0 aliphatic heterocycles. The van der Waals surface area contributed by atoms with Crippen LogP contribution in [0.4, 0.5) is 23.2 Å². The molecule has 0 radical (unpaired) electrons. The minimum Gasteiger partial charge on any atom is -0.480 e. The quantitative estimate of drug-likeness (QED) is 0.242. The first-order valence-electron chi connectivity index (χ1n) is 13.1. The van der Waals surface area contributed by atoms with Crippen LogP contribution in [-0.2, 0) is 24.4 Å². The number of alkyl halides is 3. The third-order valence-electron chi connectivity index (χ3n) is 7.13. The van der Waals surface area contributed by atoms with Gasteiger partial charge in [-0.15, -0.1) is 0 Å². The normalized spacial score (nSPS) is 13.1. The van der Waals surface area contributed by atoms with E-state index in [1.807, 2.05) is 13.8 Å². The molecule has 42 heavy (non-hydrogen) atoms. The van der Waals surface area contributed by atoms with Gasteiger partial charge in [0, 0.05) is 54.5 Å². The van der Waals surface area contributed by atoms with Crippen LogP contribution in [-0.4, -0.2) is 43.0 Å². The number of amides is 1. The third kappa shape index (κ3) is 5.99. The highest BCUT2D eigenvalue weighted by atomic mass is 19.4. The number of carboxylic acids is 1. The van der Waals surface area contributed by atoms with Crippen LogP contribution >= 0.6 is 0 Å². The van der Waals surface area contributed by atoms with Crippen LogP contribution < -0.4 is 16.2 Å². The minimum atomic E-state index is -4.83. The molecule has 1 aromatic carbocycles. The topological polar surface area (TPSA) is 118 Å². The van der Waals surface area contributed by atoms with Crippen molar-refractivity contribution in [2.75, 3.05) is 5.32 Å². The van der Waals surface area contributed by atoms with Gasteiger partial charge in [0.25, 0.3) is 11.5 Å². The van der Waals surface area contributed by atoms with Crippen molar-refractivity contribution in [3.8, 4) is 11.1 Å². The van der Waals surface area contributed by atoms with Crippen molar-refractivity contribution >= 4 is 23.2 Å². The second kappa shape index (κ2) is 11.7. The molecular formula is C29H29F4N5O4. The van der Waals surface area contributed by atoms with Crippen molar-refractivity contribution in [1.82, 2.24) is 19.3 Å². The molecule has 4 aromatic rings. The Bertz CT molecular complexity index is 1730. The van der Waals surface area contributed by atoms with Gasteiger partial charge in [-0.3, -0.25) is 9.59 Å². The zero-order valence-electron chi connectivity index (χ0n) is 23.2. The Kier molecular flexibility index (Phi) is 8.41. The molecule has 4 rings (SSSR count). The maximum atomic E-state index is 14.7. The number of carbonyl (C=O) groups excluding carboxylic acids is 1. The molecule has 0 spiro atoms. The first kappa shape index (κ1) is 30.3. The number of benzene rings is 1. The van der Waals surface area contributed by atoms with Crippen molar-refractivity contribution < 1.29 is 32.3 Å². The summed E-state index contributed by atoms with van der Waals surface area (Å²) < 4.78 is 59.1. The highest BCUT2D eigenvalue weighted by Gasteiger charge is 2.37. The smallest absolute Gasteiger partial charge is 0.417 e. The predicted octanol–water partition coefficient (Wildman–Crippen LogP) is 4.80. The number of fused-ring (bicyclic) bond motifs is 1. The van der Waals surface area contributed by atoms with E-state index in [1.165, 1.54) is 55.0 Å². The summed E-state index contributed by atoms with van der Waals surface area (Å²) >= 11 is 0. The average Bonchev–Trinajstić information content (AvgIpc) is 3.41. The number of nitrogens with zero attached hydrogens (tertiary/aromatic N) is 3. The molecule has 0 aliphatic rings. The third-order valence-corrected chi connectivity index (χ3v) is 7.13. The maximum absolute atomic E-state index is 14.7. The van der Waals surface area contributed by atoms with Crippen LogP contribution in [0.3, 0.4) is 0 Å². The fourth-order valence-electron chi connectivity index (χ4n) is 4.56. The zero-order valence-corrected chi connectivity index (χ0v) is 23.2. The summed E-state index contributed by atoms with van der Waals surface area (Å²) in [6.45, 7) is 5.25. The molecule has 2 atom stereocenters. The van der Waals surface area contributed by atoms with Gasteiger partial charge in [0.05, 0.1) is 16.7 Å². The molecule has 222 valence electrons. The second-order valence-corrected chi connectivity index (χ2v) is 10.0. The van der Waals surface area contributed by atoms with Crippen LogP contribution in [0.15, 0.2) is 53.6 Å². The van der Waals surface area contributed by atoms with Gasteiger partial charge in [-0.1, -0.05) is 6.92 Å². The van der Waals surface area contributed by atoms with Gasteiger partial charge < -0.3 is 24.7 Å². The van der Waals surface area contributed by atoms with E-state index in [2.05, 4.69) is 15.6 Å². The minimum absolute atomic E-state index is 0.00939. The van der Waals surface area contributed by atoms with Gasteiger partial charge in [0.15, 0.2) is 0 Å². The molecule has 9 nitrogen and oxygen atoms in total. The van der Waals surface area contributed by atoms with Crippen LogP contribution in [0.5, 0.6) is 0 Å². The SMILES string of the molecule is CC[C@H](C)Nc1ccc(C(=O)N[C@@H](Cc2ccc(-c3c(C(F)(F)F)cc(C)n(C)c3=O)c3nccn23)C(=O)O)c(F)c1. The molecule has 3 aromatic heterocycles. The number of nitrogens with one attached hydrogen (secondary N) is 2. The number of rotatable bonds is 9. The molecule has 3 heterocycles. The fraction of sp³-hybridized carbons (Fsp3) is 0.310. The van der Waals surface area contributed by atoms with E-state index >= 15 is 0 Å². The zero-order chi connectivity index (χ0) is 30.9. The maximum Gasteiger partial charge on any atom is 0.417 e. The Morgan fingerprint density at radius 3 is 2.48 bits per heavy atom. The molecule has 3 N–H and O–H groups in total. The molecular weight excluding hydrogens is 558 g/mol. The lowest BCUT2D eigenvalue weighted by Crippen LogP contribution is -2.43. The predicted molar refractivity (Wildman–Crippen MR) is 148 cm³/mol. The Labute approximate surface area is 237 Å². The Morgan fingerprint density at radius 2 is 1.86 bits per heavy atom. The first-order valence-corrected chi connectivity index (χ1v) is 13.1. The number of pyridine rings is 2. The summed E-state index contributed by atoms with van der Waals surface area (Å²) in [5.74, 6) is -3.21. The van der Waals surface area contributed by atoms with Crippen molar-refractivity contribution in [3.05, 3.63) is 87.5 Å². The number of halogens is 4. The number of anilines is 1. The van der Waals surface area contributed by atoms with Crippen molar-refractivity contribution in [2.24, 2.45) is 7.05 Å². The largest absolute Gasteiger partial charge is 0.480 e. The van der Waals surface area contributed by atoms with Crippen molar-refractivity contribution in [1.29, 1.82) is 0 Å². The summed E-state index contributed by atoms with van der Waals surface area (Å²) in [7, 11) is 1.36. The highest BCUT2D eigenvalue weighted by molar-refractivity contribution is 5.97. The van der Waals surface area contributed by atoms with E-state index in [9.17, 15) is 37.1 Å². The number of carboxylic acid groups (broad SMARTS) is 1. The first-order chi connectivity index (χ1) is 19.7. The average molecular weight is 588 g/mol. The number of hydrogen-bond acceptors (Lipinski definition) is 5. The summed E-state index contributed by atoms with van der Waals surface area (Å²) in [4.78, 5) is 42.1. The number of carbonyl (C=O) groups is 2.